The quantitative estimate of drug-likeness (QED) is 0.495. The topological polar surface area (TPSA) is 138 Å². The van der Waals surface area contributed by atoms with Crippen molar-refractivity contribution in [3.8, 4) is 0 Å². The van der Waals surface area contributed by atoms with Crippen molar-refractivity contribution in [3.63, 3.8) is 0 Å². The third-order valence-corrected chi connectivity index (χ3v) is 8.45. The molecule has 1 aromatic rings. The van der Waals surface area contributed by atoms with Gasteiger partial charge in [-0.1, -0.05) is 25.3 Å². The molecule has 1 aromatic heterocycles. The van der Waals surface area contributed by atoms with Crippen LogP contribution in [-0.2, 0) is 19.6 Å². The van der Waals surface area contributed by atoms with Gasteiger partial charge in [0.2, 0.25) is 5.91 Å². The molecule has 36 heavy (non-hydrogen) atoms. The molecule has 3 N–H and O–H groups in total. The number of carbonyl (C=O) groups excluding carboxylic acids is 2. The van der Waals surface area contributed by atoms with Crippen LogP contribution in [0.2, 0.25) is 0 Å². The molecular formula is C25H40N4O6S. The number of amides is 2. The number of nitrogens with one attached hydrogen (secondary N) is 2. The Balaban J connectivity index is 1.85. The third kappa shape index (κ3) is 7.39. The number of pyridine rings is 1. The van der Waals surface area contributed by atoms with E-state index in [2.05, 4.69) is 15.6 Å². The van der Waals surface area contributed by atoms with Gasteiger partial charge in [-0.3, -0.25) is 4.79 Å². The molecule has 1 aliphatic carbocycles. The van der Waals surface area contributed by atoms with E-state index in [1.54, 1.807) is 32.9 Å². The first kappa shape index (κ1) is 28.3. The van der Waals surface area contributed by atoms with Crippen LogP contribution in [0.5, 0.6) is 0 Å². The van der Waals surface area contributed by atoms with Crippen LogP contribution in [0.1, 0.15) is 72.1 Å². The Bertz CT molecular complexity index is 976. The van der Waals surface area contributed by atoms with Crippen LogP contribution in [0.3, 0.4) is 0 Å². The van der Waals surface area contributed by atoms with Gasteiger partial charge < -0.3 is 20.5 Å². The summed E-state index contributed by atoms with van der Waals surface area (Å²) in [5.74, 6) is -0.484. The summed E-state index contributed by atoms with van der Waals surface area (Å²) in [7, 11) is -4.34. The summed E-state index contributed by atoms with van der Waals surface area (Å²) in [6.45, 7) is 5.71. The number of hydrogen-bond donors (Lipinski definition) is 3. The van der Waals surface area contributed by atoms with E-state index in [0.29, 0.717) is 19.4 Å². The van der Waals surface area contributed by atoms with Gasteiger partial charge in [-0.25, -0.2) is 14.1 Å². The molecule has 202 valence electrons. The maximum atomic E-state index is 13.7. The van der Waals surface area contributed by atoms with Crippen LogP contribution >= 0.6 is 0 Å². The molecule has 11 heteroatoms. The second-order valence-electron chi connectivity index (χ2n) is 10.6. The molecule has 2 amide bonds. The first-order chi connectivity index (χ1) is 17.0. The zero-order chi connectivity index (χ0) is 26.3. The molecule has 0 radical (unpaired) electrons. The molecule has 2 fully saturated rings. The smallest absolute Gasteiger partial charge is 0.407 e. The second kappa shape index (κ2) is 12.3. The van der Waals surface area contributed by atoms with Gasteiger partial charge in [0.05, 0.1) is 12.1 Å². The lowest BCUT2D eigenvalue weighted by Crippen LogP contribution is -2.57. The largest absolute Gasteiger partial charge is 0.444 e. The number of hydrogen-bond acceptors (Lipinski definition) is 8. The Hall–Kier alpha value is -2.24. The van der Waals surface area contributed by atoms with Crippen LogP contribution < -0.4 is 10.6 Å². The number of nitrogens with zero attached hydrogens (tertiary/aromatic N) is 2. The number of ether oxygens (including phenoxy) is 1. The Kier molecular flexibility index (Phi) is 9.71. The molecule has 1 saturated carbocycles. The first-order valence-electron chi connectivity index (χ1n) is 12.9. The van der Waals surface area contributed by atoms with Crippen molar-refractivity contribution in [2.24, 2.45) is 5.92 Å². The van der Waals surface area contributed by atoms with E-state index in [1.807, 2.05) is 0 Å². The van der Waals surface area contributed by atoms with Gasteiger partial charge in [-0.2, -0.15) is 8.42 Å². The zero-order valence-corrected chi connectivity index (χ0v) is 22.3. The fraction of sp³-hybridized carbons (Fsp3) is 0.720. The molecule has 2 aliphatic rings. The lowest BCUT2D eigenvalue weighted by molar-refractivity contribution is -0.130. The minimum atomic E-state index is -4.34. The van der Waals surface area contributed by atoms with Crippen molar-refractivity contribution in [3.05, 3.63) is 24.4 Å². The van der Waals surface area contributed by atoms with Crippen molar-refractivity contribution < 1.29 is 27.9 Å². The van der Waals surface area contributed by atoms with E-state index in [0.717, 1.165) is 36.4 Å². The molecule has 1 saturated heterocycles. The Morgan fingerprint density at radius 3 is 2.53 bits per heavy atom. The normalized spacial score (nSPS) is 23.9. The summed E-state index contributed by atoms with van der Waals surface area (Å²) in [5, 5.41) is 17.2. The lowest BCUT2D eigenvalue weighted by Gasteiger charge is -2.39. The van der Waals surface area contributed by atoms with Crippen molar-refractivity contribution in [2.75, 3.05) is 13.1 Å². The fourth-order valence-corrected chi connectivity index (χ4v) is 6.69. The highest BCUT2D eigenvalue weighted by Gasteiger charge is 2.44. The summed E-state index contributed by atoms with van der Waals surface area (Å²) >= 11 is 0. The maximum Gasteiger partial charge on any atom is 0.407 e. The fourth-order valence-electron chi connectivity index (χ4n) is 5.10. The SMILES string of the molecule is CC(C)(C)OC(=O)NCCC(=O)N(C1CCCNC(C2CCCCC2)[C@@H]1O)S(=O)(=O)c1ccccn1. The molecule has 2 unspecified atom stereocenters. The molecule has 10 nitrogen and oxygen atoms in total. The highest BCUT2D eigenvalue weighted by molar-refractivity contribution is 7.89. The molecule has 1 aliphatic heterocycles. The minimum absolute atomic E-state index is 0.102. The van der Waals surface area contributed by atoms with Crippen molar-refractivity contribution >= 4 is 22.0 Å². The van der Waals surface area contributed by atoms with E-state index in [4.69, 9.17) is 4.74 Å². The molecular weight excluding hydrogens is 484 g/mol. The maximum absolute atomic E-state index is 13.7. The minimum Gasteiger partial charge on any atom is -0.444 e. The molecule has 3 rings (SSSR count). The average molecular weight is 525 g/mol. The monoisotopic (exact) mass is 524 g/mol. The van der Waals surface area contributed by atoms with Gasteiger partial charge in [-0.15, -0.1) is 0 Å². The second-order valence-corrected chi connectivity index (χ2v) is 12.4. The van der Waals surface area contributed by atoms with Gasteiger partial charge in [-0.05, 0) is 71.0 Å². The van der Waals surface area contributed by atoms with Crippen molar-refractivity contribution in [1.82, 2.24) is 19.9 Å². The van der Waals surface area contributed by atoms with Gasteiger partial charge in [0.1, 0.15) is 5.60 Å². The number of rotatable bonds is 7. The average Bonchev–Trinajstić information content (AvgIpc) is 3.01. The molecule has 3 atom stereocenters. The van der Waals surface area contributed by atoms with Crippen LogP contribution in [0.25, 0.3) is 0 Å². The summed E-state index contributed by atoms with van der Waals surface area (Å²) in [4.78, 5) is 29.5. The summed E-state index contributed by atoms with van der Waals surface area (Å²) in [6.07, 6.45) is 5.51. The van der Waals surface area contributed by atoms with Crippen LogP contribution in [0.15, 0.2) is 29.4 Å². The summed E-state index contributed by atoms with van der Waals surface area (Å²) in [6, 6.07) is 3.25. The Morgan fingerprint density at radius 2 is 1.89 bits per heavy atom. The number of alkyl carbamates (subject to hydrolysis) is 1. The summed E-state index contributed by atoms with van der Waals surface area (Å²) in [5.41, 5.74) is -0.700. The molecule has 0 aromatic carbocycles. The van der Waals surface area contributed by atoms with Crippen LogP contribution in [0.4, 0.5) is 4.79 Å². The predicted molar refractivity (Wildman–Crippen MR) is 135 cm³/mol. The molecule has 0 bridgehead atoms. The van der Waals surface area contributed by atoms with Crippen LogP contribution in [-0.4, -0.2) is 71.7 Å². The predicted octanol–water partition coefficient (Wildman–Crippen LogP) is 2.58. The molecule has 0 spiro atoms. The standard InChI is InChI=1S/C25H40N4O6S/c1-25(2,3)35-24(32)28-17-14-21(30)29(36(33,34)20-13-7-8-15-26-20)19-12-9-16-27-22(23(19)31)18-10-5-4-6-11-18/h7-8,13,15,18-19,22-23,27,31H,4-6,9-12,14,16-17H2,1-3H3,(H,28,32)/t19?,22?,23-/m1/s1. The van der Waals surface area contributed by atoms with E-state index >= 15 is 0 Å². The third-order valence-electron chi connectivity index (χ3n) is 6.69. The van der Waals surface area contributed by atoms with Crippen molar-refractivity contribution in [2.45, 2.75) is 101 Å². The number of aliphatic hydroxyl groups is 1. The molecule has 2 heterocycles. The Labute approximate surface area is 214 Å². The zero-order valence-electron chi connectivity index (χ0n) is 21.5. The highest BCUT2D eigenvalue weighted by atomic mass is 32.2. The van der Waals surface area contributed by atoms with Crippen LogP contribution in [0, 0.1) is 5.92 Å². The van der Waals surface area contributed by atoms with E-state index in [1.165, 1.54) is 12.3 Å². The number of sulfonamides is 1. The number of carbonyl (C=O) groups is 2. The number of aromatic nitrogens is 1. The van der Waals surface area contributed by atoms with E-state index in [-0.39, 0.29) is 30.0 Å². The van der Waals surface area contributed by atoms with Gasteiger partial charge >= 0.3 is 6.09 Å². The van der Waals surface area contributed by atoms with Crippen molar-refractivity contribution in [1.29, 1.82) is 0 Å². The van der Waals surface area contributed by atoms with E-state index in [9.17, 15) is 23.1 Å². The Morgan fingerprint density at radius 1 is 1.17 bits per heavy atom. The first-order valence-corrected chi connectivity index (χ1v) is 14.3. The highest BCUT2D eigenvalue weighted by Crippen LogP contribution is 2.33. The van der Waals surface area contributed by atoms with Gasteiger partial charge in [0.25, 0.3) is 10.0 Å². The summed E-state index contributed by atoms with van der Waals surface area (Å²) < 4.78 is 33.4. The van der Waals surface area contributed by atoms with Gasteiger partial charge in [0, 0.05) is 25.2 Å². The van der Waals surface area contributed by atoms with Gasteiger partial charge in [0.15, 0.2) is 5.03 Å². The number of aliphatic hydroxyl groups excluding tert-OH is 1. The lowest BCUT2D eigenvalue weighted by atomic mass is 9.80. The van der Waals surface area contributed by atoms with E-state index < -0.39 is 39.8 Å².